The van der Waals surface area contributed by atoms with Gasteiger partial charge in [0, 0.05) is 19.3 Å². The minimum Gasteiger partial charge on any atom is -0.381 e. The third-order valence-corrected chi connectivity index (χ3v) is 4.23. The molecule has 0 bridgehead atoms. The van der Waals surface area contributed by atoms with Gasteiger partial charge in [-0.1, -0.05) is 0 Å². The Hall–Kier alpha value is 0.0300. The van der Waals surface area contributed by atoms with Crippen LogP contribution in [0, 0.1) is 0 Å². The third kappa shape index (κ3) is 3.24. The first-order valence-electron chi connectivity index (χ1n) is 5.20. The van der Waals surface area contributed by atoms with Crippen molar-refractivity contribution in [2.24, 2.45) is 0 Å². The molecule has 15 heavy (non-hydrogen) atoms. The van der Waals surface area contributed by atoms with Gasteiger partial charge < -0.3 is 10.1 Å². The van der Waals surface area contributed by atoms with Crippen molar-refractivity contribution in [3.63, 3.8) is 0 Å². The Kier molecular flexibility index (Phi) is 4.13. The summed E-state index contributed by atoms with van der Waals surface area (Å²) < 4.78 is 6.43. The molecule has 0 amide bonds. The number of halogens is 1. The van der Waals surface area contributed by atoms with Crippen LogP contribution >= 0.6 is 27.3 Å². The Labute approximate surface area is 102 Å². The number of ether oxygens (including phenoxy) is 1. The number of nitrogens with zero attached hydrogens (tertiary/aromatic N) is 1. The number of rotatable bonds is 3. The van der Waals surface area contributed by atoms with Gasteiger partial charge in [0.2, 0.25) is 0 Å². The second kappa shape index (κ2) is 5.39. The van der Waals surface area contributed by atoms with Crippen molar-refractivity contribution in [1.29, 1.82) is 0 Å². The van der Waals surface area contributed by atoms with E-state index in [9.17, 15) is 0 Å². The predicted molar refractivity (Wildman–Crippen MR) is 65.2 cm³/mol. The van der Waals surface area contributed by atoms with Crippen molar-refractivity contribution in [3.8, 4) is 0 Å². The SMILES string of the molecule is CC(NC1CCOCC1)c1ncc(Br)s1. The molecule has 84 valence electrons. The Morgan fingerprint density at radius 1 is 1.60 bits per heavy atom. The molecular weight excluding hydrogens is 276 g/mol. The molecule has 1 fully saturated rings. The van der Waals surface area contributed by atoms with Crippen LogP contribution in [-0.2, 0) is 4.74 Å². The average Bonchev–Trinajstić information content (AvgIpc) is 2.66. The molecule has 1 atom stereocenters. The molecule has 2 rings (SSSR count). The van der Waals surface area contributed by atoms with Crippen LogP contribution in [0.4, 0.5) is 0 Å². The molecule has 1 aliphatic rings. The van der Waals surface area contributed by atoms with Crippen LogP contribution in [-0.4, -0.2) is 24.2 Å². The van der Waals surface area contributed by atoms with Crippen molar-refractivity contribution in [3.05, 3.63) is 15.0 Å². The topological polar surface area (TPSA) is 34.1 Å². The highest BCUT2D eigenvalue weighted by Gasteiger charge is 2.18. The molecule has 1 unspecified atom stereocenters. The van der Waals surface area contributed by atoms with E-state index < -0.39 is 0 Å². The summed E-state index contributed by atoms with van der Waals surface area (Å²) in [7, 11) is 0. The summed E-state index contributed by atoms with van der Waals surface area (Å²) in [6.45, 7) is 3.93. The molecule has 3 nitrogen and oxygen atoms in total. The Morgan fingerprint density at radius 2 is 2.33 bits per heavy atom. The summed E-state index contributed by atoms with van der Waals surface area (Å²) in [4.78, 5) is 4.36. The highest BCUT2D eigenvalue weighted by Crippen LogP contribution is 2.25. The average molecular weight is 291 g/mol. The normalized spacial score (nSPS) is 20.4. The van der Waals surface area contributed by atoms with Gasteiger partial charge in [-0.2, -0.15) is 0 Å². The van der Waals surface area contributed by atoms with Gasteiger partial charge in [0.25, 0.3) is 0 Å². The molecule has 0 aliphatic carbocycles. The quantitative estimate of drug-likeness (QED) is 0.930. The second-order valence-corrected chi connectivity index (χ2v) is 6.22. The zero-order valence-electron chi connectivity index (χ0n) is 8.70. The van der Waals surface area contributed by atoms with E-state index in [1.807, 2.05) is 6.20 Å². The maximum absolute atomic E-state index is 5.33. The number of aromatic nitrogens is 1. The number of thiazole rings is 1. The van der Waals surface area contributed by atoms with Gasteiger partial charge in [-0.25, -0.2) is 4.98 Å². The Balaban J connectivity index is 1.88. The largest absolute Gasteiger partial charge is 0.381 e. The van der Waals surface area contributed by atoms with E-state index >= 15 is 0 Å². The van der Waals surface area contributed by atoms with Crippen LogP contribution in [0.25, 0.3) is 0 Å². The van der Waals surface area contributed by atoms with Gasteiger partial charge in [-0.3, -0.25) is 0 Å². The zero-order valence-corrected chi connectivity index (χ0v) is 11.1. The zero-order chi connectivity index (χ0) is 10.7. The summed E-state index contributed by atoms with van der Waals surface area (Å²) in [6, 6.07) is 0.917. The monoisotopic (exact) mass is 290 g/mol. The van der Waals surface area contributed by atoms with E-state index in [0.717, 1.165) is 34.8 Å². The molecule has 1 saturated heterocycles. The summed E-state index contributed by atoms with van der Waals surface area (Å²) in [5.74, 6) is 0. The first-order valence-corrected chi connectivity index (χ1v) is 6.81. The molecule has 0 aromatic carbocycles. The van der Waals surface area contributed by atoms with Crippen molar-refractivity contribution >= 4 is 27.3 Å². The fraction of sp³-hybridized carbons (Fsp3) is 0.700. The highest BCUT2D eigenvalue weighted by molar-refractivity contribution is 9.11. The van der Waals surface area contributed by atoms with Gasteiger partial charge in [0.05, 0.1) is 16.0 Å². The van der Waals surface area contributed by atoms with Crippen molar-refractivity contribution in [2.75, 3.05) is 13.2 Å². The van der Waals surface area contributed by atoms with Crippen molar-refractivity contribution in [1.82, 2.24) is 10.3 Å². The Morgan fingerprint density at radius 3 is 2.93 bits per heavy atom. The Bertz CT molecular complexity index is 312. The minimum absolute atomic E-state index is 0.337. The third-order valence-electron chi connectivity index (χ3n) is 2.57. The van der Waals surface area contributed by atoms with Gasteiger partial charge in [0.1, 0.15) is 5.01 Å². The van der Waals surface area contributed by atoms with Crippen molar-refractivity contribution < 1.29 is 4.74 Å². The minimum atomic E-state index is 0.337. The fourth-order valence-electron chi connectivity index (χ4n) is 1.76. The molecule has 0 radical (unpaired) electrons. The van der Waals surface area contributed by atoms with E-state index in [0.29, 0.717) is 12.1 Å². The number of hydrogen-bond donors (Lipinski definition) is 1. The predicted octanol–water partition coefficient (Wildman–Crippen LogP) is 2.74. The number of nitrogens with one attached hydrogen (secondary N) is 1. The summed E-state index contributed by atoms with van der Waals surface area (Å²) in [5, 5.41) is 4.74. The molecule has 1 aromatic heterocycles. The molecule has 0 saturated carbocycles. The standard InChI is InChI=1S/C10H15BrN2OS/c1-7(10-12-6-9(11)15-10)13-8-2-4-14-5-3-8/h6-8,13H,2-5H2,1H3. The maximum atomic E-state index is 5.33. The summed E-state index contributed by atoms with van der Waals surface area (Å²) in [6.07, 6.45) is 4.08. The lowest BCUT2D eigenvalue weighted by Gasteiger charge is -2.25. The van der Waals surface area contributed by atoms with E-state index in [2.05, 4.69) is 33.2 Å². The first kappa shape index (κ1) is 11.5. The maximum Gasteiger partial charge on any atom is 0.110 e. The van der Waals surface area contributed by atoms with Gasteiger partial charge in [-0.15, -0.1) is 11.3 Å². The van der Waals surface area contributed by atoms with Crippen molar-refractivity contribution in [2.45, 2.75) is 31.8 Å². The molecule has 1 aromatic rings. The smallest absolute Gasteiger partial charge is 0.110 e. The fourth-order valence-corrected chi connectivity index (χ4v) is 3.01. The lowest BCUT2D eigenvalue weighted by atomic mass is 10.1. The lowest BCUT2D eigenvalue weighted by Crippen LogP contribution is -2.36. The van der Waals surface area contributed by atoms with E-state index in [1.54, 1.807) is 11.3 Å². The van der Waals surface area contributed by atoms with Gasteiger partial charge in [-0.05, 0) is 35.7 Å². The summed E-state index contributed by atoms with van der Waals surface area (Å²) in [5.41, 5.74) is 0. The number of hydrogen-bond acceptors (Lipinski definition) is 4. The first-order chi connectivity index (χ1) is 7.25. The van der Waals surface area contributed by atoms with Crippen LogP contribution in [0.5, 0.6) is 0 Å². The van der Waals surface area contributed by atoms with Gasteiger partial charge in [0.15, 0.2) is 0 Å². The summed E-state index contributed by atoms with van der Waals surface area (Å²) >= 11 is 5.13. The molecule has 0 spiro atoms. The van der Waals surface area contributed by atoms with Gasteiger partial charge >= 0.3 is 0 Å². The van der Waals surface area contributed by atoms with Crippen LogP contribution in [0.1, 0.15) is 30.8 Å². The molecule has 2 heterocycles. The van der Waals surface area contributed by atoms with E-state index in [4.69, 9.17) is 4.74 Å². The lowest BCUT2D eigenvalue weighted by molar-refractivity contribution is 0.0754. The highest BCUT2D eigenvalue weighted by atomic mass is 79.9. The van der Waals surface area contributed by atoms with Crippen LogP contribution < -0.4 is 5.32 Å². The second-order valence-electron chi connectivity index (χ2n) is 3.78. The molecule has 1 aliphatic heterocycles. The van der Waals surface area contributed by atoms with Crippen LogP contribution in [0.2, 0.25) is 0 Å². The van der Waals surface area contributed by atoms with Crippen LogP contribution in [0.3, 0.4) is 0 Å². The molecule has 1 N–H and O–H groups in total. The molecule has 5 heteroatoms. The molecular formula is C10H15BrN2OS. The van der Waals surface area contributed by atoms with E-state index in [-0.39, 0.29) is 0 Å². The van der Waals surface area contributed by atoms with E-state index in [1.165, 1.54) is 0 Å². The van der Waals surface area contributed by atoms with Crippen LogP contribution in [0.15, 0.2) is 9.98 Å².